The summed E-state index contributed by atoms with van der Waals surface area (Å²) in [5, 5.41) is 0. The summed E-state index contributed by atoms with van der Waals surface area (Å²) in [6, 6.07) is 0. The minimum absolute atomic E-state index is 0.183. The third-order valence-electron chi connectivity index (χ3n) is 1.29. The van der Waals surface area contributed by atoms with Crippen LogP contribution in [0.3, 0.4) is 0 Å². The van der Waals surface area contributed by atoms with Gasteiger partial charge in [0.1, 0.15) is 0 Å². The summed E-state index contributed by atoms with van der Waals surface area (Å²) in [5.74, 6) is 7.26. The molecule has 0 atom stereocenters. The molecule has 0 heterocycles. The lowest BCUT2D eigenvalue weighted by atomic mass is 10.4. The number of hydrogen-bond donors (Lipinski definition) is 0. The zero-order valence-electron chi connectivity index (χ0n) is 7.55. The Morgan fingerprint density at radius 2 is 2.25 bits per heavy atom. The molecule has 0 unspecified atom stereocenters. The standard InChI is InChI=1S/C10H13NO/c1-4-7-10(12)11(8-5-2)9-6-3/h2H,6,8-9H2,1,3H3. The van der Waals surface area contributed by atoms with Crippen LogP contribution in [-0.2, 0) is 4.79 Å². The Morgan fingerprint density at radius 3 is 2.67 bits per heavy atom. The Labute approximate surface area is 73.9 Å². The highest BCUT2D eigenvalue weighted by Crippen LogP contribution is 1.90. The maximum absolute atomic E-state index is 11.2. The summed E-state index contributed by atoms with van der Waals surface area (Å²) in [7, 11) is 0. The highest BCUT2D eigenvalue weighted by molar-refractivity contribution is 5.93. The first-order valence-electron chi connectivity index (χ1n) is 3.91. The van der Waals surface area contributed by atoms with E-state index in [-0.39, 0.29) is 5.91 Å². The zero-order valence-corrected chi connectivity index (χ0v) is 7.55. The van der Waals surface area contributed by atoms with Gasteiger partial charge in [0.15, 0.2) is 0 Å². The van der Waals surface area contributed by atoms with Crippen LogP contribution in [-0.4, -0.2) is 23.9 Å². The fourth-order valence-electron chi connectivity index (χ4n) is 0.819. The summed E-state index contributed by atoms with van der Waals surface area (Å²) in [5.41, 5.74) is 0. The molecule has 64 valence electrons. The summed E-state index contributed by atoms with van der Waals surface area (Å²) in [6.07, 6.45) is 6.00. The number of carbonyl (C=O) groups is 1. The van der Waals surface area contributed by atoms with Crippen molar-refractivity contribution in [2.45, 2.75) is 20.3 Å². The number of nitrogens with zero attached hydrogens (tertiary/aromatic N) is 1. The van der Waals surface area contributed by atoms with Gasteiger partial charge in [-0.25, -0.2) is 0 Å². The van der Waals surface area contributed by atoms with E-state index in [4.69, 9.17) is 6.42 Å². The monoisotopic (exact) mass is 163 g/mol. The van der Waals surface area contributed by atoms with Crippen molar-refractivity contribution in [3.8, 4) is 24.2 Å². The van der Waals surface area contributed by atoms with Gasteiger partial charge in [0, 0.05) is 6.54 Å². The van der Waals surface area contributed by atoms with Crippen molar-refractivity contribution in [3.05, 3.63) is 0 Å². The van der Waals surface area contributed by atoms with Crippen LogP contribution in [0.1, 0.15) is 20.3 Å². The van der Waals surface area contributed by atoms with E-state index in [0.717, 1.165) is 6.42 Å². The first kappa shape index (κ1) is 10.6. The van der Waals surface area contributed by atoms with E-state index in [2.05, 4.69) is 17.8 Å². The molecule has 0 aromatic carbocycles. The Hall–Kier alpha value is -1.41. The molecule has 0 radical (unpaired) electrons. The molecule has 2 heteroatoms. The predicted octanol–water partition coefficient (Wildman–Crippen LogP) is 0.882. The van der Waals surface area contributed by atoms with Gasteiger partial charge in [0.25, 0.3) is 5.91 Å². The van der Waals surface area contributed by atoms with Gasteiger partial charge in [-0.05, 0) is 19.3 Å². The third kappa shape index (κ3) is 3.68. The van der Waals surface area contributed by atoms with Crippen molar-refractivity contribution in [1.29, 1.82) is 0 Å². The second-order valence-corrected chi connectivity index (χ2v) is 2.31. The van der Waals surface area contributed by atoms with Gasteiger partial charge < -0.3 is 4.90 Å². The molecule has 0 N–H and O–H groups in total. The Bertz CT molecular complexity index is 239. The van der Waals surface area contributed by atoms with Crippen LogP contribution < -0.4 is 0 Å². The van der Waals surface area contributed by atoms with Gasteiger partial charge >= 0.3 is 0 Å². The molecule has 0 aliphatic rings. The molecule has 0 aromatic rings. The third-order valence-corrected chi connectivity index (χ3v) is 1.29. The normalized spacial score (nSPS) is 7.75. The highest BCUT2D eigenvalue weighted by atomic mass is 16.2. The van der Waals surface area contributed by atoms with E-state index in [9.17, 15) is 4.79 Å². The van der Waals surface area contributed by atoms with Crippen LogP contribution in [0.25, 0.3) is 0 Å². The van der Waals surface area contributed by atoms with Crippen LogP contribution in [0.5, 0.6) is 0 Å². The Morgan fingerprint density at radius 1 is 1.58 bits per heavy atom. The van der Waals surface area contributed by atoms with Gasteiger partial charge in [-0.15, -0.1) is 6.42 Å². The van der Waals surface area contributed by atoms with Gasteiger partial charge in [-0.2, -0.15) is 0 Å². The van der Waals surface area contributed by atoms with Crippen molar-refractivity contribution in [3.63, 3.8) is 0 Å². The average molecular weight is 163 g/mol. The fourth-order valence-corrected chi connectivity index (χ4v) is 0.819. The summed E-state index contributed by atoms with van der Waals surface area (Å²) >= 11 is 0. The van der Waals surface area contributed by atoms with E-state index in [1.807, 2.05) is 6.92 Å². The second kappa shape index (κ2) is 6.31. The van der Waals surface area contributed by atoms with Crippen molar-refractivity contribution < 1.29 is 4.79 Å². The van der Waals surface area contributed by atoms with Gasteiger partial charge in [-0.3, -0.25) is 4.79 Å². The molecule has 0 aliphatic carbocycles. The smallest absolute Gasteiger partial charge is 0.299 e. The lowest BCUT2D eigenvalue weighted by Crippen LogP contribution is -2.30. The van der Waals surface area contributed by atoms with Gasteiger partial charge in [0.2, 0.25) is 0 Å². The van der Waals surface area contributed by atoms with Gasteiger partial charge in [0.05, 0.1) is 6.54 Å². The topological polar surface area (TPSA) is 20.3 Å². The molecule has 0 saturated carbocycles. The number of carbonyl (C=O) groups excluding carboxylic acids is 1. The minimum atomic E-state index is -0.183. The number of hydrogen-bond acceptors (Lipinski definition) is 1. The summed E-state index contributed by atoms with van der Waals surface area (Å²) < 4.78 is 0. The predicted molar refractivity (Wildman–Crippen MR) is 49.2 cm³/mol. The van der Waals surface area contributed by atoms with E-state index < -0.39 is 0 Å². The lowest BCUT2D eigenvalue weighted by Gasteiger charge is -2.15. The molecule has 0 aliphatic heterocycles. The van der Waals surface area contributed by atoms with E-state index in [1.165, 1.54) is 0 Å². The fraction of sp³-hybridized carbons (Fsp3) is 0.500. The first-order chi connectivity index (χ1) is 5.76. The maximum atomic E-state index is 11.2. The molecule has 2 nitrogen and oxygen atoms in total. The second-order valence-electron chi connectivity index (χ2n) is 2.31. The van der Waals surface area contributed by atoms with Gasteiger partial charge in [-0.1, -0.05) is 18.8 Å². The number of amides is 1. The summed E-state index contributed by atoms with van der Waals surface area (Å²) in [4.78, 5) is 12.7. The lowest BCUT2D eigenvalue weighted by molar-refractivity contribution is -0.124. The molecular weight excluding hydrogens is 150 g/mol. The molecule has 0 saturated heterocycles. The molecule has 0 bridgehead atoms. The van der Waals surface area contributed by atoms with Crippen LogP contribution >= 0.6 is 0 Å². The Balaban J connectivity index is 4.17. The summed E-state index contributed by atoms with van der Waals surface area (Å²) in [6.45, 7) is 4.66. The highest BCUT2D eigenvalue weighted by Gasteiger charge is 2.06. The zero-order chi connectivity index (χ0) is 9.40. The molecule has 0 aromatic heterocycles. The van der Waals surface area contributed by atoms with Crippen molar-refractivity contribution in [2.75, 3.05) is 13.1 Å². The number of rotatable bonds is 3. The van der Waals surface area contributed by atoms with Crippen molar-refractivity contribution >= 4 is 5.91 Å². The molecule has 1 amide bonds. The largest absolute Gasteiger partial charge is 0.321 e. The quantitative estimate of drug-likeness (QED) is 0.566. The average Bonchev–Trinajstić information content (AvgIpc) is 2.04. The van der Waals surface area contributed by atoms with Crippen molar-refractivity contribution in [1.82, 2.24) is 4.90 Å². The van der Waals surface area contributed by atoms with E-state index in [1.54, 1.807) is 11.8 Å². The van der Waals surface area contributed by atoms with Crippen LogP contribution in [0.2, 0.25) is 0 Å². The minimum Gasteiger partial charge on any atom is -0.321 e. The molecular formula is C10H13NO. The SMILES string of the molecule is C#CCN(CCC)C(=O)C#CC. The van der Waals surface area contributed by atoms with Crippen LogP contribution in [0.4, 0.5) is 0 Å². The van der Waals surface area contributed by atoms with E-state index >= 15 is 0 Å². The molecule has 0 spiro atoms. The molecule has 0 fully saturated rings. The van der Waals surface area contributed by atoms with E-state index in [0.29, 0.717) is 13.1 Å². The van der Waals surface area contributed by atoms with Crippen LogP contribution in [0.15, 0.2) is 0 Å². The Kier molecular flexibility index (Phi) is 5.57. The molecule has 12 heavy (non-hydrogen) atoms. The first-order valence-corrected chi connectivity index (χ1v) is 3.91. The number of terminal acetylenes is 1. The van der Waals surface area contributed by atoms with Crippen molar-refractivity contribution in [2.24, 2.45) is 0 Å². The molecule has 0 rings (SSSR count). The van der Waals surface area contributed by atoms with Crippen LogP contribution in [0, 0.1) is 24.2 Å². The maximum Gasteiger partial charge on any atom is 0.299 e.